The third kappa shape index (κ3) is 4.11. The molecule has 0 radical (unpaired) electrons. The van der Waals surface area contributed by atoms with Gasteiger partial charge in [-0.25, -0.2) is 8.42 Å². The average Bonchev–Trinajstić information content (AvgIpc) is 3.06. The molecule has 3 heterocycles. The highest BCUT2D eigenvalue weighted by atomic mass is 35.5. The summed E-state index contributed by atoms with van der Waals surface area (Å²) in [5.41, 5.74) is 0. The van der Waals surface area contributed by atoms with E-state index in [0.29, 0.717) is 37.0 Å². The molecule has 0 bridgehead atoms. The number of carbonyl (C=O) groups is 1. The maximum Gasteiger partial charge on any atom is 0.264 e. The van der Waals surface area contributed by atoms with Crippen LogP contribution in [0.3, 0.4) is 0 Å². The molecule has 2 saturated heterocycles. The number of hydrogen-bond acceptors (Lipinski definition) is 5. The van der Waals surface area contributed by atoms with E-state index in [1.807, 2.05) is 0 Å². The number of amides is 1. The van der Waals surface area contributed by atoms with Gasteiger partial charge in [-0.3, -0.25) is 4.79 Å². The van der Waals surface area contributed by atoms with Crippen LogP contribution in [-0.2, 0) is 10.0 Å². The van der Waals surface area contributed by atoms with Crippen molar-refractivity contribution in [1.82, 2.24) is 14.5 Å². The van der Waals surface area contributed by atoms with E-state index in [-0.39, 0.29) is 22.5 Å². The Hall–Kier alpha value is -0.670. The van der Waals surface area contributed by atoms with Gasteiger partial charge in [0.15, 0.2) is 0 Å². The number of nitrogens with zero attached hydrogens (tertiary/aromatic N) is 2. The second kappa shape index (κ2) is 8.14. The molecular weight excluding hydrogens is 370 g/mol. The Morgan fingerprint density at radius 1 is 1.17 bits per heavy atom. The van der Waals surface area contributed by atoms with Crippen LogP contribution in [0.4, 0.5) is 0 Å². The number of thiophene rings is 1. The Balaban J connectivity index is 0.00000208. The van der Waals surface area contributed by atoms with Gasteiger partial charge in [0.25, 0.3) is 15.9 Å². The quantitative estimate of drug-likeness (QED) is 0.847. The molecule has 0 aliphatic carbocycles. The lowest BCUT2D eigenvalue weighted by molar-refractivity contribution is 0.0740. The highest BCUT2D eigenvalue weighted by molar-refractivity contribution is 7.91. The molecule has 2 fully saturated rings. The first-order valence-corrected chi connectivity index (χ1v) is 10.3. The van der Waals surface area contributed by atoms with E-state index in [9.17, 15) is 13.2 Å². The molecule has 0 unspecified atom stereocenters. The summed E-state index contributed by atoms with van der Waals surface area (Å²) in [6, 6.07) is 3.22. The van der Waals surface area contributed by atoms with Crippen molar-refractivity contribution in [2.45, 2.75) is 24.0 Å². The first-order valence-electron chi connectivity index (χ1n) is 8.08. The van der Waals surface area contributed by atoms with Gasteiger partial charge in [-0.1, -0.05) is 6.92 Å². The van der Waals surface area contributed by atoms with Crippen LogP contribution in [0.1, 0.15) is 29.4 Å². The minimum Gasteiger partial charge on any atom is -0.335 e. The summed E-state index contributed by atoms with van der Waals surface area (Å²) in [7, 11) is -3.46. The number of hydrogen-bond donors (Lipinski definition) is 1. The topological polar surface area (TPSA) is 69.7 Å². The van der Waals surface area contributed by atoms with Gasteiger partial charge < -0.3 is 10.2 Å². The first kappa shape index (κ1) is 19.7. The van der Waals surface area contributed by atoms with Crippen molar-refractivity contribution in [3.8, 4) is 0 Å². The Morgan fingerprint density at radius 2 is 1.79 bits per heavy atom. The van der Waals surface area contributed by atoms with E-state index in [4.69, 9.17) is 0 Å². The van der Waals surface area contributed by atoms with Crippen LogP contribution >= 0.6 is 23.7 Å². The summed E-state index contributed by atoms with van der Waals surface area (Å²) in [5.74, 6) is 0.514. The molecule has 136 valence electrons. The fourth-order valence-electron chi connectivity index (χ4n) is 2.95. The molecule has 0 aromatic carbocycles. The summed E-state index contributed by atoms with van der Waals surface area (Å²) < 4.78 is 27.3. The summed E-state index contributed by atoms with van der Waals surface area (Å²) in [4.78, 5) is 14.7. The summed E-state index contributed by atoms with van der Waals surface area (Å²) >= 11 is 1.09. The lowest BCUT2D eigenvalue weighted by Gasteiger charge is -2.29. The summed E-state index contributed by atoms with van der Waals surface area (Å²) in [6.45, 7) is 6.21. The highest BCUT2D eigenvalue weighted by Gasteiger charge is 2.30. The number of piperazine rings is 1. The molecule has 6 nitrogen and oxygen atoms in total. The largest absolute Gasteiger partial charge is 0.335 e. The second-order valence-electron chi connectivity index (χ2n) is 6.25. The van der Waals surface area contributed by atoms with Gasteiger partial charge in [-0.2, -0.15) is 4.31 Å². The maximum absolute atomic E-state index is 12.7. The predicted octanol–water partition coefficient (Wildman–Crippen LogP) is 1.64. The standard InChI is InChI=1S/C15H23N3O3S2.ClH/c1-12-4-8-18(9-5-12)23(20,21)14-3-2-13(22-14)15(19)17-10-6-16-7-11-17;/h2-3,12,16H,4-11H2,1H3;1H. The van der Waals surface area contributed by atoms with Gasteiger partial charge >= 0.3 is 0 Å². The molecule has 1 N–H and O–H groups in total. The van der Waals surface area contributed by atoms with Crippen molar-refractivity contribution >= 4 is 39.7 Å². The van der Waals surface area contributed by atoms with E-state index < -0.39 is 10.0 Å². The van der Waals surface area contributed by atoms with Crippen LogP contribution in [0.5, 0.6) is 0 Å². The number of carbonyl (C=O) groups excluding carboxylic acids is 1. The van der Waals surface area contributed by atoms with Crippen molar-refractivity contribution in [3.63, 3.8) is 0 Å². The van der Waals surface area contributed by atoms with Crippen LogP contribution in [-0.4, -0.2) is 62.8 Å². The third-order valence-corrected chi connectivity index (χ3v) is 7.97. The number of sulfonamides is 1. The third-order valence-electron chi connectivity index (χ3n) is 4.53. The van der Waals surface area contributed by atoms with Gasteiger partial charge in [0.1, 0.15) is 4.21 Å². The minimum absolute atomic E-state index is 0. The van der Waals surface area contributed by atoms with E-state index in [1.54, 1.807) is 21.3 Å². The van der Waals surface area contributed by atoms with E-state index in [1.165, 1.54) is 0 Å². The monoisotopic (exact) mass is 393 g/mol. The van der Waals surface area contributed by atoms with Crippen LogP contribution < -0.4 is 5.32 Å². The SMILES string of the molecule is CC1CCN(S(=O)(=O)c2ccc(C(=O)N3CCNCC3)s2)CC1.Cl. The molecular formula is C15H24ClN3O3S2. The molecule has 2 aliphatic rings. The Kier molecular flexibility index (Phi) is 6.66. The van der Waals surface area contributed by atoms with Crippen LogP contribution in [0.15, 0.2) is 16.3 Å². The Labute approximate surface area is 153 Å². The van der Waals surface area contributed by atoms with E-state index in [2.05, 4.69) is 12.2 Å². The number of halogens is 1. The number of rotatable bonds is 3. The van der Waals surface area contributed by atoms with Crippen molar-refractivity contribution in [2.75, 3.05) is 39.3 Å². The van der Waals surface area contributed by atoms with Crippen LogP contribution in [0.25, 0.3) is 0 Å². The number of piperidine rings is 1. The van der Waals surface area contributed by atoms with Crippen molar-refractivity contribution in [3.05, 3.63) is 17.0 Å². The zero-order chi connectivity index (χ0) is 16.4. The smallest absolute Gasteiger partial charge is 0.264 e. The van der Waals surface area contributed by atoms with Gasteiger partial charge in [0, 0.05) is 39.3 Å². The molecule has 1 aromatic rings. The van der Waals surface area contributed by atoms with Crippen LogP contribution in [0, 0.1) is 5.92 Å². The molecule has 0 saturated carbocycles. The lowest BCUT2D eigenvalue weighted by atomic mass is 10.0. The van der Waals surface area contributed by atoms with Gasteiger partial charge in [-0.05, 0) is 30.9 Å². The second-order valence-corrected chi connectivity index (χ2v) is 9.50. The minimum atomic E-state index is -3.46. The van der Waals surface area contributed by atoms with Crippen molar-refractivity contribution in [1.29, 1.82) is 0 Å². The number of nitrogens with one attached hydrogen (secondary N) is 1. The molecule has 0 spiro atoms. The van der Waals surface area contributed by atoms with Crippen molar-refractivity contribution < 1.29 is 13.2 Å². The van der Waals surface area contributed by atoms with Gasteiger partial charge in [-0.15, -0.1) is 23.7 Å². The summed E-state index contributed by atoms with van der Waals surface area (Å²) in [6.07, 6.45) is 1.80. The predicted molar refractivity (Wildman–Crippen MR) is 97.5 cm³/mol. The Bertz CT molecular complexity index is 663. The molecule has 24 heavy (non-hydrogen) atoms. The fraction of sp³-hybridized carbons (Fsp3) is 0.667. The fourth-order valence-corrected chi connectivity index (χ4v) is 5.85. The molecule has 1 amide bonds. The van der Waals surface area contributed by atoms with Crippen LogP contribution in [0.2, 0.25) is 0 Å². The Morgan fingerprint density at radius 3 is 2.42 bits per heavy atom. The van der Waals surface area contributed by atoms with Gasteiger partial charge in [0.2, 0.25) is 0 Å². The molecule has 0 atom stereocenters. The van der Waals surface area contributed by atoms with Gasteiger partial charge in [0.05, 0.1) is 4.88 Å². The zero-order valence-corrected chi connectivity index (χ0v) is 16.2. The van der Waals surface area contributed by atoms with Crippen molar-refractivity contribution in [2.24, 2.45) is 5.92 Å². The normalized spacial score (nSPS) is 20.6. The zero-order valence-electron chi connectivity index (χ0n) is 13.7. The van der Waals surface area contributed by atoms with E-state index >= 15 is 0 Å². The molecule has 9 heteroatoms. The maximum atomic E-state index is 12.7. The lowest BCUT2D eigenvalue weighted by Crippen LogP contribution is -2.46. The average molecular weight is 394 g/mol. The molecule has 1 aromatic heterocycles. The highest BCUT2D eigenvalue weighted by Crippen LogP contribution is 2.29. The summed E-state index contributed by atoms with van der Waals surface area (Å²) in [5, 5.41) is 3.20. The first-order chi connectivity index (χ1) is 11.0. The molecule has 3 rings (SSSR count). The molecule has 2 aliphatic heterocycles. The van der Waals surface area contributed by atoms with E-state index in [0.717, 1.165) is 37.3 Å².